The number of thiophene rings is 1. The molecular weight excluding hydrogens is 354 g/mol. The molecule has 0 aliphatic carbocycles. The van der Waals surface area contributed by atoms with Crippen molar-refractivity contribution in [3.8, 4) is 0 Å². The Morgan fingerprint density at radius 1 is 1.58 bits per heavy atom. The zero-order chi connectivity index (χ0) is 14.0. The molecule has 0 aliphatic rings. The van der Waals surface area contributed by atoms with E-state index in [1.54, 1.807) is 13.1 Å². The maximum atomic E-state index is 11.9. The van der Waals surface area contributed by atoms with Crippen molar-refractivity contribution in [1.82, 2.24) is 14.8 Å². The molecule has 0 unspecified atom stereocenters. The molecule has 0 spiro atoms. The second-order valence-corrected chi connectivity index (χ2v) is 6.22. The number of nitrogens with one attached hydrogen (secondary N) is 1. The molecule has 19 heavy (non-hydrogen) atoms. The van der Waals surface area contributed by atoms with Gasteiger partial charge in [0.05, 0.1) is 10.6 Å². The maximum Gasteiger partial charge on any atom is 0.339 e. The minimum absolute atomic E-state index is 0.0627. The molecule has 0 fully saturated rings. The molecule has 0 bridgehead atoms. The number of carbonyl (C=O) groups is 1. The molecule has 2 aromatic heterocycles. The molecule has 2 heterocycles. The summed E-state index contributed by atoms with van der Waals surface area (Å²) in [5.41, 5.74) is -1.63. The van der Waals surface area contributed by atoms with E-state index in [0.717, 1.165) is 16.2 Å². The summed E-state index contributed by atoms with van der Waals surface area (Å²) in [6, 6.07) is 1.80. The summed E-state index contributed by atoms with van der Waals surface area (Å²) >= 11 is 5.74. The second kappa shape index (κ2) is 5.85. The van der Waals surface area contributed by atoms with Crippen molar-refractivity contribution in [2.45, 2.75) is 5.16 Å². The number of rotatable bonds is 4. The van der Waals surface area contributed by atoms with Crippen LogP contribution in [0.4, 0.5) is 0 Å². The average molecular weight is 362 g/mol. The number of Topliss-reactive ketones (excluding diaryl/α,β-unsaturated/α-hetero) is 1. The summed E-state index contributed by atoms with van der Waals surface area (Å²) in [7, 11) is 1.56. The van der Waals surface area contributed by atoms with E-state index < -0.39 is 11.1 Å². The van der Waals surface area contributed by atoms with E-state index in [9.17, 15) is 14.4 Å². The highest BCUT2D eigenvalue weighted by atomic mass is 79.9. The van der Waals surface area contributed by atoms with Crippen LogP contribution in [-0.2, 0) is 7.05 Å². The Morgan fingerprint density at radius 2 is 2.32 bits per heavy atom. The van der Waals surface area contributed by atoms with Crippen LogP contribution in [0.1, 0.15) is 9.67 Å². The fourth-order valence-corrected chi connectivity index (χ4v) is 3.69. The zero-order valence-corrected chi connectivity index (χ0v) is 12.9. The fraction of sp³-hybridized carbons (Fsp3) is 0.200. The van der Waals surface area contributed by atoms with Crippen molar-refractivity contribution in [3.63, 3.8) is 0 Å². The molecule has 0 saturated heterocycles. The standard InChI is InChI=1S/C10H8BrN3O3S2/c1-14-10(12-8(16)9(17)13-14)19-4-6(15)7-5(11)2-3-18-7/h2-3H,4H2,1H3,(H,13,17). The lowest BCUT2D eigenvalue weighted by Crippen LogP contribution is -2.34. The Hall–Kier alpha value is -1.19. The lowest BCUT2D eigenvalue weighted by atomic mass is 10.3. The summed E-state index contributed by atoms with van der Waals surface area (Å²) in [6.45, 7) is 0. The minimum Gasteiger partial charge on any atom is -0.292 e. The summed E-state index contributed by atoms with van der Waals surface area (Å²) in [5.74, 6) is 0.0816. The fourth-order valence-electron chi connectivity index (χ4n) is 1.28. The Bertz CT molecular complexity index is 734. The number of aryl methyl sites for hydroxylation is 1. The van der Waals surface area contributed by atoms with Crippen LogP contribution >= 0.6 is 39.0 Å². The van der Waals surface area contributed by atoms with Crippen LogP contribution in [0.2, 0.25) is 0 Å². The number of carbonyl (C=O) groups excluding carboxylic acids is 1. The van der Waals surface area contributed by atoms with Crippen LogP contribution in [0, 0.1) is 0 Å². The first-order chi connectivity index (χ1) is 8.99. The molecule has 9 heteroatoms. The van der Waals surface area contributed by atoms with Gasteiger partial charge in [0, 0.05) is 11.5 Å². The number of nitrogens with zero attached hydrogens (tertiary/aromatic N) is 2. The molecule has 0 amide bonds. The summed E-state index contributed by atoms with van der Waals surface area (Å²) < 4.78 is 2.08. The first-order valence-corrected chi connectivity index (χ1v) is 7.71. The third kappa shape index (κ3) is 3.23. The molecule has 0 atom stereocenters. The number of hydrogen-bond acceptors (Lipinski definition) is 6. The summed E-state index contributed by atoms with van der Waals surface area (Å²) in [4.78, 5) is 38.4. The third-order valence-electron chi connectivity index (χ3n) is 2.15. The van der Waals surface area contributed by atoms with Gasteiger partial charge < -0.3 is 0 Å². The van der Waals surface area contributed by atoms with Crippen LogP contribution in [0.3, 0.4) is 0 Å². The third-order valence-corrected chi connectivity index (χ3v) is 5.06. The van der Waals surface area contributed by atoms with E-state index in [0.29, 0.717) is 10.0 Å². The Labute approximate surface area is 124 Å². The van der Waals surface area contributed by atoms with Crippen LogP contribution in [-0.4, -0.2) is 26.3 Å². The van der Waals surface area contributed by atoms with Gasteiger partial charge in [-0.3, -0.25) is 24.2 Å². The molecule has 0 aromatic carbocycles. The van der Waals surface area contributed by atoms with E-state index in [2.05, 4.69) is 26.0 Å². The maximum absolute atomic E-state index is 11.9. The lowest BCUT2D eigenvalue weighted by Gasteiger charge is -2.04. The molecule has 2 rings (SSSR count). The molecule has 0 saturated carbocycles. The van der Waals surface area contributed by atoms with Gasteiger partial charge in [0.25, 0.3) is 0 Å². The quantitative estimate of drug-likeness (QED) is 0.503. The van der Waals surface area contributed by atoms with Crippen molar-refractivity contribution in [2.75, 3.05) is 5.75 Å². The van der Waals surface area contributed by atoms with E-state index >= 15 is 0 Å². The van der Waals surface area contributed by atoms with E-state index in [1.165, 1.54) is 16.0 Å². The van der Waals surface area contributed by atoms with Gasteiger partial charge in [0.1, 0.15) is 0 Å². The minimum atomic E-state index is -0.856. The summed E-state index contributed by atoms with van der Waals surface area (Å²) in [5, 5.41) is 4.44. The second-order valence-electron chi connectivity index (χ2n) is 3.51. The van der Waals surface area contributed by atoms with Gasteiger partial charge in [-0.15, -0.1) is 11.3 Å². The van der Waals surface area contributed by atoms with Gasteiger partial charge in [-0.25, -0.2) is 0 Å². The SMILES string of the molecule is Cn1[nH]c(=O)c(=O)nc1SCC(=O)c1sccc1Br. The molecule has 0 radical (unpaired) electrons. The van der Waals surface area contributed by atoms with E-state index in [4.69, 9.17) is 0 Å². The van der Waals surface area contributed by atoms with Gasteiger partial charge in [-0.2, -0.15) is 4.98 Å². The van der Waals surface area contributed by atoms with Crippen LogP contribution in [0.25, 0.3) is 0 Å². The van der Waals surface area contributed by atoms with Crippen molar-refractivity contribution >= 4 is 44.8 Å². The van der Waals surface area contributed by atoms with Crippen LogP contribution in [0.5, 0.6) is 0 Å². The number of halogens is 1. The number of aromatic nitrogens is 3. The predicted molar refractivity (Wildman–Crippen MR) is 77.2 cm³/mol. The highest BCUT2D eigenvalue weighted by Gasteiger charge is 2.13. The Kier molecular flexibility index (Phi) is 4.38. The molecule has 1 N–H and O–H groups in total. The van der Waals surface area contributed by atoms with E-state index in [1.807, 2.05) is 5.38 Å². The smallest absolute Gasteiger partial charge is 0.292 e. The molecular formula is C10H8BrN3O3S2. The number of thioether (sulfide) groups is 1. The monoisotopic (exact) mass is 361 g/mol. The lowest BCUT2D eigenvalue weighted by molar-refractivity contribution is 0.102. The zero-order valence-electron chi connectivity index (χ0n) is 9.68. The molecule has 6 nitrogen and oxygen atoms in total. The Balaban J connectivity index is 2.14. The van der Waals surface area contributed by atoms with Gasteiger partial charge in [0.2, 0.25) is 0 Å². The van der Waals surface area contributed by atoms with E-state index in [-0.39, 0.29) is 11.5 Å². The highest BCUT2D eigenvalue weighted by molar-refractivity contribution is 9.10. The Morgan fingerprint density at radius 3 is 2.95 bits per heavy atom. The summed E-state index contributed by atoms with van der Waals surface area (Å²) in [6.07, 6.45) is 0. The van der Waals surface area contributed by atoms with Crippen LogP contribution < -0.4 is 11.1 Å². The predicted octanol–water partition coefficient (Wildman–Crippen LogP) is 1.27. The first-order valence-electron chi connectivity index (χ1n) is 5.05. The number of ketones is 1. The molecule has 2 aromatic rings. The van der Waals surface area contributed by atoms with Crippen molar-refractivity contribution < 1.29 is 4.79 Å². The van der Waals surface area contributed by atoms with Gasteiger partial charge in [-0.1, -0.05) is 11.8 Å². The first kappa shape index (κ1) is 14.2. The van der Waals surface area contributed by atoms with Crippen molar-refractivity contribution in [2.24, 2.45) is 7.05 Å². The molecule has 0 aliphatic heterocycles. The average Bonchev–Trinajstić information content (AvgIpc) is 2.78. The number of hydrogen-bond donors (Lipinski definition) is 1. The topological polar surface area (TPSA) is 84.8 Å². The highest BCUT2D eigenvalue weighted by Crippen LogP contribution is 2.25. The van der Waals surface area contributed by atoms with Crippen LogP contribution in [0.15, 0.2) is 30.7 Å². The largest absolute Gasteiger partial charge is 0.339 e. The van der Waals surface area contributed by atoms with Gasteiger partial charge in [-0.05, 0) is 27.4 Å². The normalized spacial score (nSPS) is 10.6. The number of H-pyrrole nitrogens is 1. The number of aromatic amines is 1. The van der Waals surface area contributed by atoms with Crippen molar-refractivity contribution in [3.05, 3.63) is 41.5 Å². The molecule has 100 valence electrons. The van der Waals surface area contributed by atoms with Gasteiger partial charge >= 0.3 is 11.1 Å². The van der Waals surface area contributed by atoms with Crippen molar-refractivity contribution in [1.29, 1.82) is 0 Å². The van der Waals surface area contributed by atoms with Gasteiger partial charge in [0.15, 0.2) is 10.9 Å².